The van der Waals surface area contributed by atoms with Crippen molar-refractivity contribution in [3.63, 3.8) is 0 Å². The molecule has 130 valence electrons. The zero-order chi connectivity index (χ0) is 17.6. The van der Waals surface area contributed by atoms with Crippen LogP contribution in [0.25, 0.3) is 10.2 Å². The summed E-state index contributed by atoms with van der Waals surface area (Å²) in [5.41, 5.74) is -0.147. The van der Waals surface area contributed by atoms with Gasteiger partial charge in [-0.1, -0.05) is 19.1 Å². The largest absolute Gasteiger partial charge is 0.490 e. The predicted octanol–water partition coefficient (Wildman–Crippen LogP) is 3.24. The van der Waals surface area contributed by atoms with E-state index in [2.05, 4.69) is 4.98 Å². The van der Waals surface area contributed by atoms with Crippen molar-refractivity contribution in [2.45, 2.75) is 26.3 Å². The van der Waals surface area contributed by atoms with E-state index in [0.29, 0.717) is 28.3 Å². The molecule has 2 aromatic heterocycles. The maximum Gasteiger partial charge on any atom is 0.313 e. The Morgan fingerprint density at radius 1 is 1.24 bits per heavy atom. The van der Waals surface area contributed by atoms with Gasteiger partial charge in [0.15, 0.2) is 11.5 Å². The normalized spacial score (nSPS) is 10.8. The van der Waals surface area contributed by atoms with Crippen molar-refractivity contribution in [1.29, 1.82) is 0 Å². The highest BCUT2D eigenvalue weighted by atomic mass is 32.1. The Kier molecular flexibility index (Phi) is 5.45. The molecule has 0 aliphatic rings. The van der Waals surface area contributed by atoms with E-state index in [1.165, 1.54) is 22.2 Å². The molecule has 0 radical (unpaired) electrons. The fourth-order valence-corrected chi connectivity index (χ4v) is 3.03. The van der Waals surface area contributed by atoms with Crippen LogP contribution in [0.15, 0.2) is 46.8 Å². The topological polar surface area (TPSA) is 70.4 Å². The molecule has 0 N–H and O–H groups in total. The summed E-state index contributed by atoms with van der Waals surface area (Å²) in [6.45, 7) is 2.77. The SMILES string of the molecule is CCCOc1ccccc1OC(=O)CCn1cnc2sccc2c1=O. The Morgan fingerprint density at radius 3 is 2.84 bits per heavy atom. The average Bonchev–Trinajstić information content (AvgIpc) is 3.10. The van der Waals surface area contributed by atoms with Gasteiger partial charge in [-0.2, -0.15) is 0 Å². The first-order valence-corrected chi connectivity index (χ1v) is 8.92. The molecule has 0 unspecified atom stereocenters. The smallest absolute Gasteiger partial charge is 0.313 e. The molecule has 0 amide bonds. The highest BCUT2D eigenvalue weighted by Gasteiger charge is 2.11. The van der Waals surface area contributed by atoms with E-state index >= 15 is 0 Å². The van der Waals surface area contributed by atoms with Gasteiger partial charge in [0.25, 0.3) is 5.56 Å². The monoisotopic (exact) mass is 358 g/mol. The van der Waals surface area contributed by atoms with Gasteiger partial charge in [-0.05, 0) is 30.0 Å². The summed E-state index contributed by atoms with van der Waals surface area (Å²) in [6, 6.07) is 8.79. The minimum atomic E-state index is -0.426. The van der Waals surface area contributed by atoms with Crippen LogP contribution in [0.1, 0.15) is 19.8 Å². The number of hydrogen-bond donors (Lipinski definition) is 0. The summed E-state index contributed by atoms with van der Waals surface area (Å²) in [5.74, 6) is 0.501. The van der Waals surface area contributed by atoms with Crippen LogP contribution in [-0.2, 0) is 11.3 Å². The summed E-state index contributed by atoms with van der Waals surface area (Å²) < 4.78 is 12.4. The lowest BCUT2D eigenvalue weighted by Gasteiger charge is -2.11. The second-order valence-electron chi connectivity index (χ2n) is 5.40. The van der Waals surface area contributed by atoms with E-state index in [4.69, 9.17) is 9.47 Å². The van der Waals surface area contributed by atoms with Crippen LogP contribution in [-0.4, -0.2) is 22.1 Å². The van der Waals surface area contributed by atoms with Crippen LogP contribution in [0.2, 0.25) is 0 Å². The second-order valence-corrected chi connectivity index (χ2v) is 6.30. The number of para-hydroxylation sites is 2. The van der Waals surface area contributed by atoms with Crippen molar-refractivity contribution >= 4 is 27.5 Å². The number of carbonyl (C=O) groups excluding carboxylic acids is 1. The lowest BCUT2D eigenvalue weighted by molar-refractivity contribution is -0.134. The molecule has 0 aliphatic carbocycles. The van der Waals surface area contributed by atoms with E-state index in [0.717, 1.165) is 6.42 Å². The van der Waals surface area contributed by atoms with Crippen molar-refractivity contribution in [1.82, 2.24) is 9.55 Å². The van der Waals surface area contributed by atoms with E-state index in [9.17, 15) is 9.59 Å². The molecular weight excluding hydrogens is 340 g/mol. The molecule has 0 fully saturated rings. The van der Waals surface area contributed by atoms with Gasteiger partial charge in [-0.25, -0.2) is 4.98 Å². The Hall–Kier alpha value is -2.67. The highest BCUT2D eigenvalue weighted by molar-refractivity contribution is 7.16. The maximum absolute atomic E-state index is 12.3. The summed E-state index contributed by atoms with van der Waals surface area (Å²) >= 11 is 1.41. The Morgan fingerprint density at radius 2 is 2.04 bits per heavy atom. The zero-order valence-electron chi connectivity index (χ0n) is 13.8. The van der Waals surface area contributed by atoms with Crippen molar-refractivity contribution < 1.29 is 14.3 Å². The van der Waals surface area contributed by atoms with Gasteiger partial charge in [0.05, 0.1) is 24.7 Å². The average molecular weight is 358 g/mol. The highest BCUT2D eigenvalue weighted by Crippen LogP contribution is 2.26. The molecule has 0 aliphatic heterocycles. The number of aromatic nitrogens is 2. The lowest BCUT2D eigenvalue weighted by Crippen LogP contribution is -2.22. The zero-order valence-corrected chi connectivity index (χ0v) is 14.6. The number of carbonyl (C=O) groups is 1. The van der Waals surface area contributed by atoms with E-state index in [-0.39, 0.29) is 18.5 Å². The van der Waals surface area contributed by atoms with Crippen LogP contribution in [0.5, 0.6) is 11.5 Å². The number of nitrogens with zero attached hydrogens (tertiary/aromatic N) is 2. The maximum atomic E-state index is 12.3. The standard InChI is InChI=1S/C18H18N2O4S/c1-2-10-23-14-5-3-4-6-15(14)24-16(21)7-9-20-12-19-17-13(18(20)22)8-11-25-17/h3-6,8,11-12H,2,7,9-10H2,1H3. The lowest BCUT2D eigenvalue weighted by atomic mass is 10.3. The summed E-state index contributed by atoms with van der Waals surface area (Å²) in [4.78, 5) is 29.3. The molecule has 25 heavy (non-hydrogen) atoms. The number of thiophene rings is 1. The van der Waals surface area contributed by atoms with Gasteiger partial charge < -0.3 is 9.47 Å². The number of benzene rings is 1. The molecular formula is C18H18N2O4S. The molecule has 0 saturated carbocycles. The minimum absolute atomic E-state index is 0.0688. The van der Waals surface area contributed by atoms with Gasteiger partial charge in [-0.15, -0.1) is 11.3 Å². The van der Waals surface area contributed by atoms with Gasteiger partial charge in [0.2, 0.25) is 0 Å². The third kappa shape index (κ3) is 4.06. The molecule has 3 rings (SSSR count). The van der Waals surface area contributed by atoms with Gasteiger partial charge in [0, 0.05) is 6.54 Å². The van der Waals surface area contributed by atoms with Gasteiger partial charge in [0.1, 0.15) is 4.83 Å². The third-order valence-electron chi connectivity index (χ3n) is 3.54. The van der Waals surface area contributed by atoms with Gasteiger partial charge >= 0.3 is 5.97 Å². The first-order valence-electron chi connectivity index (χ1n) is 8.04. The van der Waals surface area contributed by atoms with Crippen molar-refractivity contribution in [3.8, 4) is 11.5 Å². The fraction of sp³-hybridized carbons (Fsp3) is 0.278. The molecule has 0 spiro atoms. The van der Waals surface area contributed by atoms with E-state index in [1.807, 2.05) is 18.4 Å². The Balaban J connectivity index is 1.65. The number of ether oxygens (including phenoxy) is 2. The van der Waals surface area contributed by atoms with Gasteiger partial charge in [-0.3, -0.25) is 14.2 Å². The number of hydrogen-bond acceptors (Lipinski definition) is 6. The number of rotatable bonds is 7. The van der Waals surface area contributed by atoms with Crippen molar-refractivity contribution in [3.05, 3.63) is 52.4 Å². The number of aryl methyl sites for hydroxylation is 1. The molecule has 7 heteroatoms. The molecule has 1 aromatic carbocycles. The van der Waals surface area contributed by atoms with Crippen molar-refractivity contribution in [2.75, 3.05) is 6.61 Å². The Labute approximate surface area is 148 Å². The predicted molar refractivity (Wildman–Crippen MR) is 96.4 cm³/mol. The summed E-state index contributed by atoms with van der Waals surface area (Å²) in [7, 11) is 0. The third-order valence-corrected chi connectivity index (χ3v) is 4.36. The summed E-state index contributed by atoms with van der Waals surface area (Å²) in [5, 5.41) is 2.39. The molecule has 0 bridgehead atoms. The molecule has 6 nitrogen and oxygen atoms in total. The summed E-state index contributed by atoms with van der Waals surface area (Å²) in [6.07, 6.45) is 2.40. The number of fused-ring (bicyclic) bond motifs is 1. The molecule has 0 saturated heterocycles. The van der Waals surface area contributed by atoms with E-state index in [1.54, 1.807) is 24.3 Å². The van der Waals surface area contributed by atoms with Crippen LogP contribution < -0.4 is 15.0 Å². The first kappa shape index (κ1) is 17.2. The second kappa shape index (κ2) is 7.94. The van der Waals surface area contributed by atoms with Crippen LogP contribution in [0, 0.1) is 0 Å². The van der Waals surface area contributed by atoms with Crippen LogP contribution in [0.4, 0.5) is 0 Å². The first-order chi connectivity index (χ1) is 12.2. The molecule has 0 atom stereocenters. The van der Waals surface area contributed by atoms with E-state index < -0.39 is 5.97 Å². The molecule has 3 aromatic rings. The fourth-order valence-electron chi connectivity index (χ4n) is 2.30. The number of esters is 1. The van der Waals surface area contributed by atoms with Crippen molar-refractivity contribution in [2.24, 2.45) is 0 Å². The molecule has 2 heterocycles. The Bertz CT molecular complexity index is 932. The van der Waals surface area contributed by atoms with Crippen LogP contribution >= 0.6 is 11.3 Å². The minimum Gasteiger partial charge on any atom is -0.490 e. The van der Waals surface area contributed by atoms with Crippen LogP contribution in [0.3, 0.4) is 0 Å². The quantitative estimate of drug-likeness (QED) is 0.479.